The van der Waals surface area contributed by atoms with Gasteiger partial charge in [0.05, 0.1) is 0 Å². The average Bonchev–Trinajstić information content (AvgIpc) is 2.63. The Balaban J connectivity index is 4.73. The van der Waals surface area contributed by atoms with Gasteiger partial charge < -0.3 is 5.11 Å². The molecule has 2 amide bonds. The van der Waals surface area contributed by atoms with E-state index in [-0.39, 0.29) is 18.2 Å². The van der Waals surface area contributed by atoms with Gasteiger partial charge in [0.15, 0.2) is 6.04 Å². The van der Waals surface area contributed by atoms with Crippen LogP contribution in [0.4, 0.5) is 0 Å². The van der Waals surface area contributed by atoms with E-state index < -0.39 is 12.0 Å². The lowest BCUT2D eigenvalue weighted by Gasteiger charge is -2.29. The van der Waals surface area contributed by atoms with E-state index in [1.54, 1.807) is 0 Å². The van der Waals surface area contributed by atoms with Crippen LogP contribution in [0.3, 0.4) is 0 Å². The Morgan fingerprint density at radius 3 is 1.89 bits per heavy atom. The zero-order valence-corrected chi connectivity index (χ0v) is 17.6. The molecule has 1 atom stereocenters. The minimum absolute atomic E-state index is 0.265. The number of hydrogen-bond acceptors (Lipinski definition) is 3. The molecular weight excluding hydrogens is 344 g/mol. The highest BCUT2D eigenvalue weighted by Crippen LogP contribution is 2.12. The first-order valence-electron chi connectivity index (χ1n) is 10.8. The van der Waals surface area contributed by atoms with Crippen LogP contribution in [0.25, 0.3) is 0 Å². The minimum atomic E-state index is -1.06. The number of hydrogen-bond donors (Lipinski definition) is 2. The largest absolute Gasteiger partial charge is 0.480 e. The summed E-state index contributed by atoms with van der Waals surface area (Å²) in [4.78, 5) is 36.5. The number of amides is 2. The molecule has 0 heterocycles. The third kappa shape index (κ3) is 12.4. The topological polar surface area (TPSA) is 86.7 Å². The number of nitrogens with one attached hydrogen (secondary N) is 1. The van der Waals surface area contributed by atoms with Crippen LogP contribution >= 0.6 is 0 Å². The Bertz CT molecular complexity index is 426. The molecule has 0 aliphatic carbocycles. The Morgan fingerprint density at radius 1 is 0.778 bits per heavy atom. The predicted octanol–water partition coefficient (Wildman–Crippen LogP) is 4.82. The molecule has 27 heavy (non-hydrogen) atoms. The number of carbonyl (C=O) groups is 3. The van der Waals surface area contributed by atoms with E-state index in [1.807, 2.05) is 13.8 Å². The lowest BCUT2D eigenvalue weighted by molar-refractivity contribution is -0.156. The zero-order chi connectivity index (χ0) is 20.5. The van der Waals surface area contributed by atoms with Crippen LogP contribution in [0.1, 0.15) is 111 Å². The second-order valence-electron chi connectivity index (χ2n) is 7.27. The van der Waals surface area contributed by atoms with Gasteiger partial charge >= 0.3 is 5.97 Å². The number of carboxylic acid groups (broad SMARTS) is 1. The summed E-state index contributed by atoms with van der Waals surface area (Å²) in [5, 5.41) is 10.6. The molecule has 6 nitrogen and oxygen atoms in total. The Labute approximate surface area is 165 Å². The van der Waals surface area contributed by atoms with Crippen LogP contribution in [0.15, 0.2) is 0 Å². The molecule has 0 spiro atoms. The average molecular weight is 385 g/mol. The molecule has 6 heteroatoms. The quantitative estimate of drug-likeness (QED) is 0.295. The van der Waals surface area contributed by atoms with Crippen LogP contribution in [0.5, 0.6) is 0 Å². The van der Waals surface area contributed by atoms with Crippen molar-refractivity contribution in [3.05, 3.63) is 0 Å². The van der Waals surface area contributed by atoms with Gasteiger partial charge in [-0.1, -0.05) is 78.6 Å². The SMILES string of the molecule is CCCCCCCCC(=O)NN(C(=O)CCCCC)C(CCCC)C(=O)O. The first kappa shape index (κ1) is 25.4. The summed E-state index contributed by atoms with van der Waals surface area (Å²) in [5.74, 6) is -1.63. The van der Waals surface area contributed by atoms with Crippen molar-refractivity contribution in [2.24, 2.45) is 0 Å². The van der Waals surface area contributed by atoms with Gasteiger partial charge in [-0.25, -0.2) is 9.80 Å². The van der Waals surface area contributed by atoms with Gasteiger partial charge in [-0.15, -0.1) is 0 Å². The first-order chi connectivity index (χ1) is 13.0. The number of aliphatic carboxylic acids is 1. The minimum Gasteiger partial charge on any atom is -0.480 e. The van der Waals surface area contributed by atoms with Gasteiger partial charge in [0.1, 0.15) is 0 Å². The normalized spacial score (nSPS) is 11.8. The summed E-state index contributed by atoms with van der Waals surface area (Å²) in [6, 6.07) is -0.993. The molecule has 0 fully saturated rings. The van der Waals surface area contributed by atoms with E-state index in [1.165, 1.54) is 19.3 Å². The van der Waals surface area contributed by atoms with E-state index in [9.17, 15) is 19.5 Å². The fraction of sp³-hybridized carbons (Fsp3) is 0.857. The molecule has 158 valence electrons. The summed E-state index contributed by atoms with van der Waals surface area (Å²) in [5.41, 5.74) is 2.60. The van der Waals surface area contributed by atoms with Crippen LogP contribution in [0, 0.1) is 0 Å². The molecule has 1 unspecified atom stereocenters. The molecule has 0 saturated heterocycles. The Kier molecular flexibility index (Phi) is 15.6. The van der Waals surface area contributed by atoms with Crippen molar-refractivity contribution in [1.82, 2.24) is 10.4 Å². The molecule has 2 N–H and O–H groups in total. The fourth-order valence-corrected chi connectivity index (χ4v) is 2.98. The Hall–Kier alpha value is -1.59. The Morgan fingerprint density at radius 2 is 1.30 bits per heavy atom. The second kappa shape index (κ2) is 16.6. The molecule has 0 aromatic carbocycles. The van der Waals surface area contributed by atoms with Crippen molar-refractivity contribution in [2.45, 2.75) is 117 Å². The highest BCUT2D eigenvalue weighted by atomic mass is 16.4. The van der Waals surface area contributed by atoms with E-state index in [0.29, 0.717) is 25.7 Å². The maximum Gasteiger partial charge on any atom is 0.328 e. The molecule has 0 aliphatic rings. The lowest BCUT2D eigenvalue weighted by Crippen LogP contribution is -2.54. The number of carbonyl (C=O) groups excluding carboxylic acids is 2. The van der Waals surface area contributed by atoms with Crippen LogP contribution in [-0.2, 0) is 14.4 Å². The van der Waals surface area contributed by atoms with Crippen molar-refractivity contribution in [3.8, 4) is 0 Å². The number of unbranched alkanes of at least 4 members (excludes halogenated alkanes) is 8. The molecule has 0 radical (unpaired) electrons. The van der Waals surface area contributed by atoms with Crippen molar-refractivity contribution < 1.29 is 19.5 Å². The van der Waals surface area contributed by atoms with E-state index in [2.05, 4.69) is 12.3 Å². The van der Waals surface area contributed by atoms with Crippen molar-refractivity contribution in [3.63, 3.8) is 0 Å². The van der Waals surface area contributed by atoms with Crippen molar-refractivity contribution in [1.29, 1.82) is 0 Å². The van der Waals surface area contributed by atoms with Gasteiger partial charge in [-0.05, 0) is 19.3 Å². The number of nitrogens with zero attached hydrogens (tertiary/aromatic N) is 1. The molecule has 0 saturated carbocycles. The summed E-state index contributed by atoms with van der Waals surface area (Å²) in [7, 11) is 0. The van der Waals surface area contributed by atoms with Crippen molar-refractivity contribution in [2.75, 3.05) is 0 Å². The number of carboxylic acids is 1. The fourth-order valence-electron chi connectivity index (χ4n) is 2.98. The zero-order valence-electron chi connectivity index (χ0n) is 17.6. The standard InChI is InChI=1S/C21H40N2O4/c1-4-7-10-11-12-14-16-19(24)22-23(20(25)17-13-8-5-2)18(21(26)27)15-9-6-3/h18H,4-17H2,1-3H3,(H,22,24)(H,26,27). The summed E-state index contributed by atoms with van der Waals surface area (Å²) < 4.78 is 0. The van der Waals surface area contributed by atoms with Gasteiger partial charge in [0.25, 0.3) is 0 Å². The molecule has 0 aliphatic heterocycles. The van der Waals surface area contributed by atoms with Gasteiger partial charge in [-0.3, -0.25) is 15.0 Å². The van der Waals surface area contributed by atoms with E-state index in [4.69, 9.17) is 0 Å². The monoisotopic (exact) mass is 384 g/mol. The maximum absolute atomic E-state index is 12.6. The molecular formula is C21H40N2O4. The van der Waals surface area contributed by atoms with Gasteiger partial charge in [-0.2, -0.15) is 0 Å². The summed E-state index contributed by atoms with van der Waals surface area (Å²) in [6.45, 7) is 6.19. The number of hydrazine groups is 1. The third-order valence-corrected chi connectivity index (χ3v) is 4.69. The molecule has 0 aromatic heterocycles. The lowest BCUT2D eigenvalue weighted by atomic mass is 10.1. The van der Waals surface area contributed by atoms with Crippen LogP contribution in [0.2, 0.25) is 0 Å². The summed E-state index contributed by atoms with van der Waals surface area (Å²) in [6.07, 6.45) is 11.5. The predicted molar refractivity (Wildman–Crippen MR) is 108 cm³/mol. The molecule has 0 aromatic rings. The van der Waals surface area contributed by atoms with Gasteiger partial charge in [0, 0.05) is 12.8 Å². The highest BCUT2D eigenvalue weighted by Gasteiger charge is 2.30. The highest BCUT2D eigenvalue weighted by molar-refractivity contribution is 5.86. The first-order valence-corrected chi connectivity index (χ1v) is 10.8. The van der Waals surface area contributed by atoms with E-state index in [0.717, 1.165) is 43.5 Å². The van der Waals surface area contributed by atoms with Crippen LogP contribution < -0.4 is 5.43 Å². The maximum atomic E-state index is 12.6. The van der Waals surface area contributed by atoms with E-state index >= 15 is 0 Å². The van der Waals surface area contributed by atoms with Crippen molar-refractivity contribution >= 4 is 17.8 Å². The van der Waals surface area contributed by atoms with Crippen LogP contribution in [-0.4, -0.2) is 33.9 Å². The smallest absolute Gasteiger partial charge is 0.328 e. The summed E-state index contributed by atoms with van der Waals surface area (Å²) >= 11 is 0. The second-order valence-corrected chi connectivity index (χ2v) is 7.27. The molecule has 0 bridgehead atoms. The molecule has 0 rings (SSSR count). The van der Waals surface area contributed by atoms with Gasteiger partial charge in [0.2, 0.25) is 11.8 Å². The third-order valence-electron chi connectivity index (χ3n) is 4.69. The number of rotatable bonds is 16.